The first-order valence-corrected chi connectivity index (χ1v) is 6.21. The van der Waals surface area contributed by atoms with Crippen molar-refractivity contribution < 1.29 is 9.50 Å². The van der Waals surface area contributed by atoms with E-state index in [1.165, 1.54) is 6.07 Å². The maximum absolute atomic E-state index is 13.6. The van der Waals surface area contributed by atoms with Crippen molar-refractivity contribution in [2.75, 3.05) is 0 Å². The highest BCUT2D eigenvalue weighted by molar-refractivity contribution is 5.23. The van der Waals surface area contributed by atoms with Crippen LogP contribution in [0.5, 0.6) is 0 Å². The first kappa shape index (κ1) is 11.4. The van der Waals surface area contributed by atoms with Crippen LogP contribution in [-0.4, -0.2) is 14.7 Å². The molecule has 1 N–H and O–H groups in total. The highest BCUT2D eigenvalue weighted by atomic mass is 19.1. The Hall–Kier alpha value is -1.68. The molecule has 2 heterocycles. The molecular weight excluding hydrogens is 231 g/mol. The number of nitrogens with zero attached hydrogens (tertiary/aromatic N) is 2. The van der Waals surface area contributed by atoms with Gasteiger partial charge in [-0.05, 0) is 24.5 Å². The minimum Gasteiger partial charge on any atom is -0.385 e. The monoisotopic (exact) mass is 246 g/mol. The highest BCUT2D eigenvalue weighted by Crippen LogP contribution is 2.25. The maximum atomic E-state index is 13.6. The van der Waals surface area contributed by atoms with E-state index < -0.39 is 6.10 Å². The second-order valence-corrected chi connectivity index (χ2v) is 4.71. The highest BCUT2D eigenvalue weighted by Gasteiger charge is 2.20. The second-order valence-electron chi connectivity index (χ2n) is 4.71. The summed E-state index contributed by atoms with van der Waals surface area (Å²) in [5.74, 6) is 0.511. The molecule has 1 atom stereocenters. The number of hydrogen-bond donors (Lipinski definition) is 1. The number of imidazole rings is 1. The molecule has 3 rings (SSSR count). The molecule has 0 aliphatic carbocycles. The van der Waals surface area contributed by atoms with Gasteiger partial charge in [-0.3, -0.25) is 0 Å². The minimum absolute atomic E-state index is 0.205. The quantitative estimate of drug-likeness (QED) is 0.883. The predicted octanol–water partition coefficient (Wildman–Crippen LogP) is 2.44. The molecule has 18 heavy (non-hydrogen) atoms. The summed E-state index contributed by atoms with van der Waals surface area (Å²) in [5.41, 5.74) is 1.46. The number of aliphatic hydroxyl groups excluding tert-OH is 1. The topological polar surface area (TPSA) is 38.0 Å². The first-order chi connectivity index (χ1) is 8.74. The molecule has 0 spiro atoms. The standard InChI is InChI=1S/C14H15FN2O/c15-12-5-2-1-4-10(12)8-11-9-17-7-3-6-13(18)14(17)16-11/h1-2,4-5,9,13,18H,3,6-8H2. The molecule has 0 radical (unpaired) electrons. The molecule has 1 aromatic heterocycles. The minimum atomic E-state index is -0.479. The predicted molar refractivity (Wildman–Crippen MR) is 65.6 cm³/mol. The van der Waals surface area contributed by atoms with Crippen LogP contribution in [0.15, 0.2) is 30.5 Å². The lowest BCUT2D eigenvalue weighted by molar-refractivity contribution is 0.133. The molecule has 4 heteroatoms. The van der Waals surface area contributed by atoms with Crippen molar-refractivity contribution in [2.24, 2.45) is 0 Å². The number of rotatable bonds is 2. The fourth-order valence-electron chi connectivity index (χ4n) is 2.44. The van der Waals surface area contributed by atoms with Gasteiger partial charge < -0.3 is 9.67 Å². The zero-order valence-electron chi connectivity index (χ0n) is 10.0. The number of benzene rings is 1. The fourth-order valence-corrected chi connectivity index (χ4v) is 2.44. The van der Waals surface area contributed by atoms with Gasteiger partial charge in [-0.25, -0.2) is 9.37 Å². The van der Waals surface area contributed by atoms with Crippen molar-refractivity contribution >= 4 is 0 Å². The molecule has 0 saturated carbocycles. The van der Waals surface area contributed by atoms with Crippen molar-refractivity contribution in [3.63, 3.8) is 0 Å². The Morgan fingerprint density at radius 3 is 3.00 bits per heavy atom. The Kier molecular flexibility index (Phi) is 2.88. The molecule has 1 aliphatic rings. The molecule has 0 bridgehead atoms. The maximum Gasteiger partial charge on any atom is 0.137 e. The van der Waals surface area contributed by atoms with Crippen molar-refractivity contribution in [3.8, 4) is 0 Å². The number of halogens is 1. The normalized spacial score (nSPS) is 18.7. The molecule has 94 valence electrons. The Morgan fingerprint density at radius 2 is 2.22 bits per heavy atom. The van der Waals surface area contributed by atoms with Crippen molar-refractivity contribution in [2.45, 2.75) is 31.9 Å². The zero-order valence-corrected chi connectivity index (χ0v) is 10.0. The van der Waals surface area contributed by atoms with E-state index in [9.17, 15) is 9.50 Å². The number of hydrogen-bond acceptors (Lipinski definition) is 2. The van der Waals surface area contributed by atoms with Crippen LogP contribution in [-0.2, 0) is 13.0 Å². The average Bonchev–Trinajstić information content (AvgIpc) is 2.76. The SMILES string of the molecule is OC1CCCn2cc(Cc3ccccc3F)nc21. The van der Waals surface area contributed by atoms with Gasteiger partial charge in [-0.15, -0.1) is 0 Å². The van der Waals surface area contributed by atoms with E-state index in [1.54, 1.807) is 12.1 Å². The lowest BCUT2D eigenvalue weighted by atomic mass is 10.1. The molecule has 1 aromatic carbocycles. The van der Waals surface area contributed by atoms with E-state index >= 15 is 0 Å². The number of fused-ring (bicyclic) bond motifs is 1. The van der Waals surface area contributed by atoms with E-state index in [4.69, 9.17) is 0 Å². The fraction of sp³-hybridized carbons (Fsp3) is 0.357. The Bertz CT molecular complexity index is 565. The molecule has 2 aromatic rings. The van der Waals surface area contributed by atoms with E-state index in [0.29, 0.717) is 17.8 Å². The Balaban J connectivity index is 1.88. The second kappa shape index (κ2) is 4.53. The summed E-state index contributed by atoms with van der Waals surface area (Å²) in [6, 6.07) is 6.73. The summed E-state index contributed by atoms with van der Waals surface area (Å²) < 4.78 is 15.5. The molecule has 0 amide bonds. The summed E-state index contributed by atoms with van der Waals surface area (Å²) in [5, 5.41) is 9.84. The van der Waals surface area contributed by atoms with Gasteiger partial charge in [0.15, 0.2) is 0 Å². The molecule has 0 fully saturated rings. The van der Waals surface area contributed by atoms with Gasteiger partial charge in [0, 0.05) is 19.2 Å². The van der Waals surface area contributed by atoms with Crippen molar-refractivity contribution in [1.82, 2.24) is 9.55 Å². The summed E-state index contributed by atoms with van der Waals surface area (Å²) >= 11 is 0. The summed E-state index contributed by atoms with van der Waals surface area (Å²) in [4.78, 5) is 4.41. The van der Waals surface area contributed by atoms with Crippen LogP contribution >= 0.6 is 0 Å². The lowest BCUT2D eigenvalue weighted by Crippen LogP contribution is -2.14. The van der Waals surface area contributed by atoms with Crippen LogP contribution in [0.2, 0.25) is 0 Å². The van der Waals surface area contributed by atoms with Gasteiger partial charge in [0.2, 0.25) is 0 Å². The molecule has 1 unspecified atom stereocenters. The van der Waals surface area contributed by atoms with Gasteiger partial charge in [0.05, 0.1) is 5.69 Å². The molecule has 1 aliphatic heterocycles. The number of aromatic nitrogens is 2. The van der Waals surface area contributed by atoms with E-state index in [1.807, 2.05) is 16.8 Å². The first-order valence-electron chi connectivity index (χ1n) is 6.21. The van der Waals surface area contributed by atoms with Crippen molar-refractivity contribution in [1.29, 1.82) is 0 Å². The smallest absolute Gasteiger partial charge is 0.137 e. The molecular formula is C14H15FN2O. The van der Waals surface area contributed by atoms with Gasteiger partial charge in [0.1, 0.15) is 17.7 Å². The van der Waals surface area contributed by atoms with Crippen LogP contribution in [0.1, 0.15) is 36.0 Å². The van der Waals surface area contributed by atoms with Gasteiger partial charge in [-0.2, -0.15) is 0 Å². The Labute approximate surface area is 105 Å². The average molecular weight is 246 g/mol. The van der Waals surface area contributed by atoms with Gasteiger partial charge in [0.25, 0.3) is 0 Å². The largest absolute Gasteiger partial charge is 0.385 e. The molecule has 0 saturated heterocycles. The van der Waals surface area contributed by atoms with E-state index in [-0.39, 0.29) is 5.82 Å². The summed E-state index contributed by atoms with van der Waals surface area (Å²) in [7, 11) is 0. The van der Waals surface area contributed by atoms with Gasteiger partial charge >= 0.3 is 0 Å². The third-order valence-electron chi connectivity index (χ3n) is 3.36. The number of aryl methyl sites for hydroxylation is 1. The van der Waals surface area contributed by atoms with Crippen LogP contribution in [0.3, 0.4) is 0 Å². The lowest BCUT2D eigenvalue weighted by Gasteiger charge is -2.18. The van der Waals surface area contributed by atoms with Crippen LogP contribution in [0.25, 0.3) is 0 Å². The van der Waals surface area contributed by atoms with Crippen LogP contribution in [0, 0.1) is 5.82 Å². The molecule has 3 nitrogen and oxygen atoms in total. The zero-order chi connectivity index (χ0) is 12.5. The third-order valence-corrected chi connectivity index (χ3v) is 3.36. The van der Waals surface area contributed by atoms with Crippen LogP contribution in [0.4, 0.5) is 4.39 Å². The van der Waals surface area contributed by atoms with E-state index in [2.05, 4.69) is 4.98 Å². The van der Waals surface area contributed by atoms with E-state index in [0.717, 1.165) is 25.1 Å². The number of aliphatic hydroxyl groups is 1. The van der Waals surface area contributed by atoms with Gasteiger partial charge in [-0.1, -0.05) is 18.2 Å². The summed E-state index contributed by atoms with van der Waals surface area (Å²) in [6.07, 6.45) is 3.64. The Morgan fingerprint density at radius 1 is 1.39 bits per heavy atom. The van der Waals surface area contributed by atoms with Crippen LogP contribution < -0.4 is 0 Å². The summed E-state index contributed by atoms with van der Waals surface area (Å²) in [6.45, 7) is 0.886. The third kappa shape index (κ3) is 2.04. The van der Waals surface area contributed by atoms with Crippen molar-refractivity contribution in [3.05, 3.63) is 53.4 Å².